The predicted octanol–water partition coefficient (Wildman–Crippen LogP) is 1.23. The van der Waals surface area contributed by atoms with E-state index in [1.165, 1.54) is 21.0 Å². The van der Waals surface area contributed by atoms with E-state index in [0.29, 0.717) is 0 Å². The van der Waals surface area contributed by atoms with Gasteiger partial charge in [0, 0.05) is 0 Å². The zero-order chi connectivity index (χ0) is 20.6. The smallest absolute Gasteiger partial charge is 0.467 e. The Labute approximate surface area is 144 Å². The van der Waals surface area contributed by atoms with Crippen LogP contribution in [0.2, 0.25) is 0 Å². The Morgan fingerprint density at radius 2 is 1.32 bits per heavy atom. The monoisotopic (exact) mass is 396 g/mol. The fourth-order valence-electron chi connectivity index (χ4n) is 1.12. The summed E-state index contributed by atoms with van der Waals surface area (Å²) in [6.45, 7) is 6.16. The summed E-state index contributed by atoms with van der Waals surface area (Å²) >= 11 is 0. The van der Waals surface area contributed by atoms with Gasteiger partial charge in [0.05, 0.1) is 14.2 Å². The third kappa shape index (κ3) is 9.02. The fraction of sp³-hybridized carbons (Fsp3) is 0.846. The molecule has 25 heavy (non-hydrogen) atoms. The predicted molar refractivity (Wildman–Crippen MR) is 79.6 cm³/mol. The van der Waals surface area contributed by atoms with E-state index in [2.05, 4.69) is 13.7 Å². The second-order valence-electron chi connectivity index (χ2n) is 5.40. The van der Waals surface area contributed by atoms with Gasteiger partial charge in [-0.1, -0.05) is 27.7 Å². The molecular weight excluding hydrogens is 373 g/mol. The number of carbonyl (C=O) groups is 2. The average Bonchev–Trinajstić information content (AvgIpc) is 2.49. The molecule has 0 aliphatic carbocycles. The van der Waals surface area contributed by atoms with Crippen LogP contribution < -0.4 is 0 Å². The summed E-state index contributed by atoms with van der Waals surface area (Å²) in [5, 5.41) is 8.92. The van der Waals surface area contributed by atoms with Crippen molar-refractivity contribution >= 4 is 22.1 Å². The number of rotatable bonds is 6. The second kappa shape index (κ2) is 10.6. The van der Waals surface area contributed by atoms with Crippen LogP contribution in [-0.2, 0) is 33.4 Å². The molecule has 0 amide bonds. The number of hydrogen-bond acceptors (Lipinski definition) is 8. The van der Waals surface area contributed by atoms with Crippen LogP contribution >= 0.6 is 0 Å². The molecule has 0 heterocycles. The first kappa shape index (κ1) is 25.8. The van der Waals surface area contributed by atoms with Crippen molar-refractivity contribution in [1.82, 2.24) is 0 Å². The van der Waals surface area contributed by atoms with E-state index < -0.39 is 45.7 Å². The molecule has 0 aromatic heterocycles. The largest absolute Gasteiger partial charge is 0.523 e. The zero-order valence-electron chi connectivity index (χ0n) is 14.7. The fourth-order valence-corrected chi connectivity index (χ4v) is 1.81. The Kier molecular flexibility index (Phi) is 10.9. The van der Waals surface area contributed by atoms with Crippen LogP contribution in [0, 0.1) is 11.8 Å². The lowest BCUT2D eigenvalue weighted by atomic mass is 10.1. The van der Waals surface area contributed by atoms with Crippen LogP contribution in [0.15, 0.2) is 0 Å². The first-order valence-corrected chi connectivity index (χ1v) is 8.36. The van der Waals surface area contributed by atoms with E-state index in [9.17, 15) is 31.2 Å². The van der Waals surface area contributed by atoms with Gasteiger partial charge >= 0.3 is 27.6 Å². The number of carbonyl (C=O) groups excluding carboxylic acids is 2. The molecule has 12 heteroatoms. The van der Waals surface area contributed by atoms with Crippen LogP contribution in [0.25, 0.3) is 0 Å². The highest BCUT2D eigenvalue weighted by molar-refractivity contribution is 7.87. The summed E-state index contributed by atoms with van der Waals surface area (Å²) in [4.78, 5) is 21.5. The molecule has 0 rings (SSSR count). The van der Waals surface area contributed by atoms with Crippen molar-refractivity contribution in [3.8, 4) is 0 Å². The molecule has 0 aliphatic rings. The van der Waals surface area contributed by atoms with Crippen molar-refractivity contribution in [2.75, 3.05) is 14.2 Å². The van der Waals surface area contributed by atoms with Crippen molar-refractivity contribution < 1.29 is 49.9 Å². The molecule has 150 valence electrons. The third-order valence-corrected chi connectivity index (χ3v) is 3.65. The topological polar surface area (TPSA) is 116 Å². The molecule has 0 aromatic rings. The van der Waals surface area contributed by atoms with Gasteiger partial charge in [0.2, 0.25) is 0 Å². The minimum atomic E-state index is -5.80. The van der Waals surface area contributed by atoms with Gasteiger partial charge in [-0.3, -0.25) is 0 Å². The molecule has 0 spiro atoms. The molecule has 0 saturated heterocycles. The number of methoxy groups -OCH3 is 2. The lowest BCUT2D eigenvalue weighted by molar-refractivity contribution is -0.153. The number of ether oxygens (including phenoxy) is 2. The van der Waals surface area contributed by atoms with E-state index in [1.807, 2.05) is 0 Å². The average molecular weight is 396 g/mol. The summed E-state index contributed by atoms with van der Waals surface area (Å²) in [7, 11) is -3.62. The van der Waals surface area contributed by atoms with Gasteiger partial charge in [0.25, 0.3) is 0 Å². The number of alkyl halides is 3. The van der Waals surface area contributed by atoms with E-state index in [0.717, 1.165) is 7.11 Å². The maximum atomic E-state index is 12.0. The molecule has 1 N–H and O–H groups in total. The number of aliphatic hydroxyl groups is 1. The normalized spacial score (nSPS) is 14.4. The summed E-state index contributed by atoms with van der Waals surface area (Å²) in [5.41, 5.74) is -5.56. The summed E-state index contributed by atoms with van der Waals surface area (Å²) in [6, 6.07) is 0. The van der Waals surface area contributed by atoms with Crippen molar-refractivity contribution in [1.29, 1.82) is 0 Å². The Balaban J connectivity index is 0. The van der Waals surface area contributed by atoms with Crippen LogP contribution in [0.3, 0.4) is 0 Å². The minimum Gasteiger partial charge on any atom is -0.467 e. The van der Waals surface area contributed by atoms with E-state index in [1.54, 1.807) is 13.8 Å². The number of hydrogen-bond donors (Lipinski definition) is 1. The Morgan fingerprint density at radius 3 is 1.52 bits per heavy atom. The molecule has 0 fully saturated rings. The molecule has 0 aliphatic heterocycles. The highest BCUT2D eigenvalue weighted by Gasteiger charge is 2.50. The molecule has 0 radical (unpaired) electrons. The third-order valence-electron chi connectivity index (χ3n) is 2.63. The molecule has 0 unspecified atom stereocenters. The maximum Gasteiger partial charge on any atom is 0.523 e. The van der Waals surface area contributed by atoms with Crippen LogP contribution in [0.5, 0.6) is 0 Å². The van der Waals surface area contributed by atoms with Crippen LogP contribution in [-0.4, -0.2) is 57.4 Å². The molecular formula is C13H23F3O8S. The summed E-state index contributed by atoms with van der Waals surface area (Å²) in [5.74, 6) is -2.59. The van der Waals surface area contributed by atoms with Gasteiger partial charge in [-0.2, -0.15) is 21.6 Å². The molecule has 2 atom stereocenters. The van der Waals surface area contributed by atoms with Crippen molar-refractivity contribution in [2.45, 2.75) is 45.4 Å². The Hall–Kier alpha value is -1.40. The highest BCUT2D eigenvalue weighted by atomic mass is 32.2. The quantitative estimate of drug-likeness (QED) is 0.405. The van der Waals surface area contributed by atoms with Crippen LogP contribution in [0.4, 0.5) is 13.2 Å². The van der Waals surface area contributed by atoms with Crippen LogP contribution in [0.1, 0.15) is 27.7 Å². The molecule has 0 bridgehead atoms. The van der Waals surface area contributed by atoms with E-state index in [-0.39, 0.29) is 5.92 Å². The first-order valence-electron chi connectivity index (χ1n) is 6.95. The first-order chi connectivity index (χ1) is 11.1. The minimum absolute atomic E-state index is 0.0718. The molecule has 0 saturated carbocycles. The van der Waals surface area contributed by atoms with Gasteiger partial charge in [-0.05, 0) is 11.8 Å². The summed E-state index contributed by atoms with van der Waals surface area (Å²) < 4.78 is 69.4. The van der Waals surface area contributed by atoms with Gasteiger partial charge in [-0.15, -0.1) is 0 Å². The number of halogens is 3. The Bertz CT molecular complexity index is 528. The van der Waals surface area contributed by atoms with Gasteiger partial charge < -0.3 is 14.6 Å². The maximum absolute atomic E-state index is 12.0. The molecule has 0 aromatic carbocycles. The lowest BCUT2D eigenvalue weighted by Crippen LogP contribution is -2.37. The number of aliphatic hydroxyl groups excluding tert-OH is 1. The van der Waals surface area contributed by atoms with Gasteiger partial charge in [0.15, 0.2) is 12.2 Å². The van der Waals surface area contributed by atoms with Gasteiger partial charge in [-0.25, -0.2) is 13.8 Å². The standard InChI is InChI=1S/C7H11F3O5S.C6H12O3/c1-4(2)5(6(11)14-3)15-16(12,13)7(8,9)10;1-4(2)5(7)6(8)9-3/h4-5H,1-3H3;4-5,7H,1-3H3/t2*5-/m11/s1. The highest BCUT2D eigenvalue weighted by Crippen LogP contribution is 2.27. The Morgan fingerprint density at radius 1 is 0.920 bits per heavy atom. The van der Waals surface area contributed by atoms with E-state index in [4.69, 9.17) is 5.11 Å². The van der Waals surface area contributed by atoms with Gasteiger partial charge in [0.1, 0.15) is 0 Å². The van der Waals surface area contributed by atoms with Crippen molar-refractivity contribution in [3.05, 3.63) is 0 Å². The second-order valence-corrected chi connectivity index (χ2v) is 6.96. The van der Waals surface area contributed by atoms with Crippen molar-refractivity contribution in [2.24, 2.45) is 11.8 Å². The zero-order valence-corrected chi connectivity index (χ0v) is 15.5. The lowest BCUT2D eigenvalue weighted by Gasteiger charge is -2.19. The molecule has 8 nitrogen and oxygen atoms in total. The SMILES string of the molecule is COC(=O)[C@H](O)C(C)C.COC(=O)[C@H](OS(=O)(=O)C(F)(F)F)C(C)C. The number of esters is 2. The van der Waals surface area contributed by atoms with E-state index >= 15 is 0 Å². The summed E-state index contributed by atoms with van der Waals surface area (Å²) in [6.07, 6.45) is -2.79. The van der Waals surface area contributed by atoms with Crippen molar-refractivity contribution in [3.63, 3.8) is 0 Å².